The first-order chi connectivity index (χ1) is 13.5. The number of guanidine groups is 1. The molecule has 0 aliphatic carbocycles. The Morgan fingerprint density at radius 2 is 2.00 bits per heavy atom. The summed E-state index contributed by atoms with van der Waals surface area (Å²) >= 11 is 0. The van der Waals surface area contributed by atoms with Crippen LogP contribution < -0.4 is 20.1 Å². The molecule has 0 atom stereocenters. The largest absolute Gasteiger partial charge is 0.497 e. The summed E-state index contributed by atoms with van der Waals surface area (Å²) in [6.45, 7) is 2.61. The van der Waals surface area contributed by atoms with E-state index in [1.54, 1.807) is 18.3 Å². The lowest BCUT2D eigenvalue weighted by atomic mass is 10.1. The van der Waals surface area contributed by atoms with E-state index in [1.807, 2.05) is 26.1 Å². The summed E-state index contributed by atoms with van der Waals surface area (Å²) in [6, 6.07) is 6.67. The van der Waals surface area contributed by atoms with E-state index in [0.717, 1.165) is 12.0 Å². The zero-order valence-corrected chi connectivity index (χ0v) is 19.1. The van der Waals surface area contributed by atoms with E-state index in [9.17, 15) is 8.78 Å². The van der Waals surface area contributed by atoms with Gasteiger partial charge in [-0.25, -0.2) is 4.99 Å². The fourth-order valence-electron chi connectivity index (χ4n) is 2.62. The monoisotopic (exact) mass is 520 g/mol. The van der Waals surface area contributed by atoms with Gasteiger partial charge in [0.25, 0.3) is 0 Å². The van der Waals surface area contributed by atoms with Crippen molar-refractivity contribution in [2.24, 2.45) is 4.99 Å². The minimum absolute atomic E-state index is 0. The average Bonchev–Trinajstić information content (AvgIpc) is 2.68. The normalized spacial score (nSPS) is 11.0. The van der Waals surface area contributed by atoms with E-state index in [0.29, 0.717) is 30.4 Å². The second-order valence-corrected chi connectivity index (χ2v) is 6.03. The SMILES string of the molecule is CCNC(=NCc1cc(OC)ccc1OC(F)F)NCCc1ccncc1C.I. The third-order valence-corrected chi connectivity index (χ3v) is 4.06. The number of alkyl halides is 2. The van der Waals surface area contributed by atoms with Crippen molar-refractivity contribution in [1.82, 2.24) is 15.6 Å². The molecule has 0 amide bonds. The molecular formula is C20H27F2IN4O2. The van der Waals surface area contributed by atoms with Crippen molar-refractivity contribution in [1.29, 1.82) is 0 Å². The highest BCUT2D eigenvalue weighted by atomic mass is 127. The van der Waals surface area contributed by atoms with E-state index in [4.69, 9.17) is 4.74 Å². The number of rotatable bonds is 9. The number of aryl methyl sites for hydroxylation is 1. The number of pyridine rings is 1. The van der Waals surface area contributed by atoms with E-state index in [2.05, 4.69) is 25.3 Å². The summed E-state index contributed by atoms with van der Waals surface area (Å²) in [7, 11) is 1.52. The Hall–Kier alpha value is -2.17. The van der Waals surface area contributed by atoms with Gasteiger partial charge in [-0.15, -0.1) is 24.0 Å². The summed E-state index contributed by atoms with van der Waals surface area (Å²) in [5, 5.41) is 6.40. The van der Waals surface area contributed by atoms with Gasteiger partial charge in [0.05, 0.1) is 13.7 Å². The van der Waals surface area contributed by atoms with Crippen LogP contribution >= 0.6 is 24.0 Å². The molecule has 6 nitrogen and oxygen atoms in total. The van der Waals surface area contributed by atoms with Crippen molar-refractivity contribution in [3.63, 3.8) is 0 Å². The van der Waals surface area contributed by atoms with Gasteiger partial charge >= 0.3 is 6.61 Å². The number of aromatic nitrogens is 1. The molecule has 2 aromatic rings. The maximum Gasteiger partial charge on any atom is 0.387 e. The number of methoxy groups -OCH3 is 1. The first-order valence-electron chi connectivity index (χ1n) is 9.06. The molecule has 0 aliphatic rings. The van der Waals surface area contributed by atoms with Crippen LogP contribution in [0.15, 0.2) is 41.7 Å². The highest BCUT2D eigenvalue weighted by molar-refractivity contribution is 14.0. The zero-order valence-electron chi connectivity index (χ0n) is 16.7. The Kier molecular flexibility index (Phi) is 11.3. The number of benzene rings is 1. The number of halogens is 3. The van der Waals surface area contributed by atoms with Gasteiger partial charge in [0, 0.05) is 31.0 Å². The molecule has 1 aromatic carbocycles. The van der Waals surface area contributed by atoms with E-state index in [-0.39, 0.29) is 36.3 Å². The molecule has 160 valence electrons. The predicted molar refractivity (Wildman–Crippen MR) is 121 cm³/mol. The van der Waals surface area contributed by atoms with E-state index in [1.165, 1.54) is 18.7 Å². The Bertz CT molecular complexity index is 791. The maximum atomic E-state index is 12.6. The molecule has 0 radical (unpaired) electrons. The molecule has 29 heavy (non-hydrogen) atoms. The van der Waals surface area contributed by atoms with Crippen LogP contribution in [0.25, 0.3) is 0 Å². The second kappa shape index (κ2) is 13.1. The third-order valence-electron chi connectivity index (χ3n) is 4.06. The van der Waals surface area contributed by atoms with Crippen LogP contribution in [-0.4, -0.2) is 37.8 Å². The molecule has 2 rings (SSSR count). The number of nitrogens with one attached hydrogen (secondary N) is 2. The quantitative estimate of drug-likeness (QED) is 0.298. The van der Waals surface area contributed by atoms with Gasteiger partial charge in [-0.3, -0.25) is 4.98 Å². The smallest absolute Gasteiger partial charge is 0.387 e. The van der Waals surface area contributed by atoms with Crippen molar-refractivity contribution < 1.29 is 18.3 Å². The topological polar surface area (TPSA) is 67.8 Å². The maximum absolute atomic E-state index is 12.6. The molecule has 1 heterocycles. The fraction of sp³-hybridized carbons (Fsp3) is 0.400. The van der Waals surface area contributed by atoms with Gasteiger partial charge in [0.15, 0.2) is 5.96 Å². The summed E-state index contributed by atoms with van der Waals surface area (Å²) in [6.07, 6.45) is 4.43. The van der Waals surface area contributed by atoms with Crippen molar-refractivity contribution in [3.8, 4) is 11.5 Å². The molecule has 1 aromatic heterocycles. The number of nitrogens with zero attached hydrogens (tertiary/aromatic N) is 2. The first kappa shape index (κ1) is 24.9. The van der Waals surface area contributed by atoms with Gasteiger partial charge in [0.1, 0.15) is 11.5 Å². The fourth-order valence-corrected chi connectivity index (χ4v) is 2.62. The molecule has 9 heteroatoms. The van der Waals surface area contributed by atoms with Gasteiger partial charge < -0.3 is 20.1 Å². The minimum Gasteiger partial charge on any atom is -0.497 e. The lowest BCUT2D eigenvalue weighted by molar-refractivity contribution is -0.0504. The summed E-state index contributed by atoms with van der Waals surface area (Å²) in [5.74, 6) is 1.24. The molecule has 0 bridgehead atoms. The lowest BCUT2D eigenvalue weighted by Gasteiger charge is -2.14. The second-order valence-electron chi connectivity index (χ2n) is 6.03. The summed E-state index contributed by atoms with van der Waals surface area (Å²) in [5.41, 5.74) is 2.86. The van der Waals surface area contributed by atoms with Crippen LogP contribution in [0, 0.1) is 6.92 Å². The summed E-state index contributed by atoms with van der Waals surface area (Å²) < 4.78 is 35.0. The van der Waals surface area contributed by atoms with Gasteiger partial charge in [0.2, 0.25) is 0 Å². The van der Waals surface area contributed by atoms with Gasteiger partial charge in [-0.2, -0.15) is 8.78 Å². The Morgan fingerprint density at radius 3 is 2.66 bits per heavy atom. The molecule has 0 unspecified atom stereocenters. The van der Waals surface area contributed by atoms with Crippen molar-refractivity contribution in [2.75, 3.05) is 20.2 Å². The van der Waals surface area contributed by atoms with Gasteiger partial charge in [-0.05, 0) is 55.7 Å². The van der Waals surface area contributed by atoms with Crippen molar-refractivity contribution in [2.45, 2.75) is 33.4 Å². The molecular weight excluding hydrogens is 493 g/mol. The molecule has 0 saturated carbocycles. The standard InChI is InChI=1S/C20H26F2N4O2.HI/c1-4-24-20(25-10-8-15-7-9-23-12-14(15)2)26-13-16-11-17(27-3)5-6-18(16)28-19(21)22;/h5-7,9,11-12,19H,4,8,10,13H2,1-3H3,(H2,24,25,26);1H. The van der Waals surface area contributed by atoms with Gasteiger partial charge in [-0.1, -0.05) is 0 Å². The lowest BCUT2D eigenvalue weighted by Crippen LogP contribution is -2.38. The highest BCUT2D eigenvalue weighted by Crippen LogP contribution is 2.26. The Labute approximate surface area is 187 Å². The van der Waals surface area contributed by atoms with Crippen molar-refractivity contribution in [3.05, 3.63) is 53.3 Å². The number of ether oxygens (including phenoxy) is 2. The molecule has 2 N–H and O–H groups in total. The predicted octanol–water partition coefficient (Wildman–Crippen LogP) is 3.92. The summed E-state index contributed by atoms with van der Waals surface area (Å²) in [4.78, 5) is 8.57. The highest BCUT2D eigenvalue weighted by Gasteiger charge is 2.11. The number of hydrogen-bond acceptors (Lipinski definition) is 4. The average molecular weight is 520 g/mol. The van der Waals surface area contributed by atoms with E-state index < -0.39 is 6.61 Å². The van der Waals surface area contributed by atoms with Crippen LogP contribution in [0.2, 0.25) is 0 Å². The molecule has 0 fully saturated rings. The Balaban J connectivity index is 0.00000420. The third kappa shape index (κ3) is 8.38. The van der Waals surface area contributed by atoms with Crippen LogP contribution in [0.3, 0.4) is 0 Å². The van der Waals surface area contributed by atoms with Crippen LogP contribution in [0.5, 0.6) is 11.5 Å². The molecule has 0 aliphatic heterocycles. The first-order valence-corrected chi connectivity index (χ1v) is 9.06. The zero-order chi connectivity index (χ0) is 20.4. The van der Waals surface area contributed by atoms with Crippen molar-refractivity contribution >= 4 is 29.9 Å². The van der Waals surface area contributed by atoms with Crippen LogP contribution in [0.4, 0.5) is 8.78 Å². The molecule has 0 saturated heterocycles. The number of aliphatic imine (C=N–C) groups is 1. The molecule has 0 spiro atoms. The minimum atomic E-state index is -2.90. The van der Waals surface area contributed by atoms with Crippen LogP contribution in [0.1, 0.15) is 23.6 Å². The Morgan fingerprint density at radius 1 is 1.21 bits per heavy atom. The van der Waals surface area contributed by atoms with Crippen LogP contribution in [-0.2, 0) is 13.0 Å². The number of hydrogen-bond donors (Lipinski definition) is 2. The van der Waals surface area contributed by atoms with E-state index >= 15 is 0 Å².